The molecule has 0 unspecified atom stereocenters. The molecule has 0 aliphatic carbocycles. The van der Waals surface area contributed by atoms with Gasteiger partial charge in [0.25, 0.3) is 0 Å². The lowest BCUT2D eigenvalue weighted by Crippen LogP contribution is -2.45. The Bertz CT molecular complexity index is 606. The molecule has 0 saturated carbocycles. The van der Waals surface area contributed by atoms with Gasteiger partial charge in [-0.05, 0) is 50.0 Å². The quantitative estimate of drug-likeness (QED) is 0.830. The van der Waals surface area contributed by atoms with Crippen molar-refractivity contribution in [1.29, 1.82) is 0 Å². The van der Waals surface area contributed by atoms with Crippen LogP contribution in [0, 0.1) is 5.82 Å². The minimum Gasteiger partial charge on any atom is -0.300 e. The van der Waals surface area contributed by atoms with E-state index in [4.69, 9.17) is 0 Å². The molecule has 0 atom stereocenters. The predicted octanol–water partition coefficient (Wildman–Crippen LogP) is 2.63. The van der Waals surface area contributed by atoms with E-state index in [0.29, 0.717) is 6.42 Å². The molecular formula is C17H25FN2O2S. The van der Waals surface area contributed by atoms with Gasteiger partial charge in [0.05, 0.1) is 5.75 Å². The Morgan fingerprint density at radius 2 is 1.91 bits per heavy atom. The third-order valence-electron chi connectivity index (χ3n) is 3.95. The Labute approximate surface area is 138 Å². The van der Waals surface area contributed by atoms with Crippen LogP contribution in [0.15, 0.2) is 30.3 Å². The summed E-state index contributed by atoms with van der Waals surface area (Å²) in [6.45, 7) is 4.46. The van der Waals surface area contributed by atoms with Gasteiger partial charge in [0.15, 0.2) is 0 Å². The fraction of sp³-hybridized carbons (Fsp3) is 0.529. The first kappa shape index (κ1) is 18.1. The highest BCUT2D eigenvalue weighted by molar-refractivity contribution is 7.89. The van der Waals surface area contributed by atoms with Crippen molar-refractivity contribution in [2.75, 3.05) is 25.4 Å². The van der Waals surface area contributed by atoms with Gasteiger partial charge in [-0.15, -0.1) is 0 Å². The summed E-state index contributed by atoms with van der Waals surface area (Å²) in [6.07, 6.45) is 6.37. The van der Waals surface area contributed by atoms with Crippen LogP contribution in [0.1, 0.15) is 31.7 Å². The molecule has 4 nitrogen and oxygen atoms in total. The Hall–Kier alpha value is -1.24. The van der Waals surface area contributed by atoms with Gasteiger partial charge in [-0.2, -0.15) is 0 Å². The number of piperidine rings is 1. The van der Waals surface area contributed by atoms with Crippen molar-refractivity contribution in [3.8, 4) is 0 Å². The van der Waals surface area contributed by atoms with Crippen LogP contribution in [-0.4, -0.2) is 44.7 Å². The number of hydrogen-bond acceptors (Lipinski definition) is 3. The zero-order valence-electron chi connectivity index (χ0n) is 13.5. The van der Waals surface area contributed by atoms with Crippen molar-refractivity contribution < 1.29 is 12.8 Å². The highest BCUT2D eigenvalue weighted by Crippen LogP contribution is 2.12. The number of halogens is 1. The van der Waals surface area contributed by atoms with Gasteiger partial charge in [-0.3, -0.25) is 4.90 Å². The highest BCUT2D eigenvalue weighted by atomic mass is 32.2. The van der Waals surface area contributed by atoms with E-state index >= 15 is 0 Å². The number of sulfonamides is 1. The maximum absolute atomic E-state index is 12.8. The lowest BCUT2D eigenvalue weighted by molar-refractivity contribution is 0.227. The van der Waals surface area contributed by atoms with E-state index in [-0.39, 0.29) is 17.6 Å². The molecule has 1 fully saturated rings. The lowest BCUT2D eigenvalue weighted by atomic mass is 10.1. The molecule has 0 bridgehead atoms. The number of likely N-dealkylation sites (tertiary alicyclic amines) is 1. The summed E-state index contributed by atoms with van der Waals surface area (Å²) in [6, 6.07) is 6.46. The second kappa shape index (κ2) is 8.57. The summed E-state index contributed by atoms with van der Waals surface area (Å²) >= 11 is 0. The van der Waals surface area contributed by atoms with Crippen LogP contribution in [0.5, 0.6) is 0 Å². The van der Waals surface area contributed by atoms with Crippen LogP contribution >= 0.6 is 0 Å². The molecule has 128 valence electrons. The standard InChI is InChI=1S/C17H25FN2O2S/c1-2-14-23(21,22)19-17-9-12-20(13-10-17)11-3-4-15-5-7-16(18)8-6-15/h3-8,17,19H,2,9-14H2,1H3/b4-3+. The largest absolute Gasteiger partial charge is 0.300 e. The molecule has 1 aromatic carbocycles. The second-order valence-corrected chi connectivity index (χ2v) is 7.84. The van der Waals surface area contributed by atoms with E-state index in [9.17, 15) is 12.8 Å². The van der Waals surface area contributed by atoms with Gasteiger partial charge in [0, 0.05) is 12.6 Å². The molecule has 0 amide bonds. The summed E-state index contributed by atoms with van der Waals surface area (Å²) < 4.78 is 39.2. The molecule has 0 radical (unpaired) electrons. The number of benzene rings is 1. The average molecular weight is 340 g/mol. The summed E-state index contributed by atoms with van der Waals surface area (Å²) in [5, 5.41) is 0. The Morgan fingerprint density at radius 3 is 2.52 bits per heavy atom. The monoisotopic (exact) mass is 340 g/mol. The van der Waals surface area contributed by atoms with E-state index in [1.54, 1.807) is 12.1 Å². The minimum absolute atomic E-state index is 0.0591. The van der Waals surface area contributed by atoms with E-state index in [2.05, 4.69) is 15.7 Å². The Morgan fingerprint density at radius 1 is 1.26 bits per heavy atom. The maximum Gasteiger partial charge on any atom is 0.211 e. The third-order valence-corrected chi connectivity index (χ3v) is 5.59. The third kappa shape index (κ3) is 6.41. The Balaban J connectivity index is 1.73. The molecule has 6 heteroatoms. The Kier molecular flexibility index (Phi) is 6.74. The molecule has 23 heavy (non-hydrogen) atoms. The van der Waals surface area contributed by atoms with E-state index in [1.807, 2.05) is 13.0 Å². The molecule has 1 aliphatic heterocycles. The molecule has 1 aromatic rings. The van der Waals surface area contributed by atoms with Crippen molar-refractivity contribution >= 4 is 16.1 Å². The zero-order valence-corrected chi connectivity index (χ0v) is 14.4. The molecular weight excluding hydrogens is 315 g/mol. The molecule has 0 aromatic heterocycles. The lowest BCUT2D eigenvalue weighted by Gasteiger charge is -2.31. The first-order chi connectivity index (χ1) is 11.0. The fourth-order valence-electron chi connectivity index (χ4n) is 2.73. The van der Waals surface area contributed by atoms with E-state index in [0.717, 1.165) is 38.0 Å². The fourth-order valence-corrected chi connectivity index (χ4v) is 4.13. The topological polar surface area (TPSA) is 49.4 Å². The molecule has 1 N–H and O–H groups in total. The second-order valence-electron chi connectivity index (χ2n) is 5.97. The number of hydrogen-bond donors (Lipinski definition) is 1. The van der Waals surface area contributed by atoms with Gasteiger partial charge >= 0.3 is 0 Å². The molecule has 2 rings (SSSR count). The first-order valence-electron chi connectivity index (χ1n) is 8.13. The summed E-state index contributed by atoms with van der Waals surface area (Å²) in [5.41, 5.74) is 0.980. The average Bonchev–Trinajstić information content (AvgIpc) is 2.50. The van der Waals surface area contributed by atoms with Crippen LogP contribution in [-0.2, 0) is 10.0 Å². The predicted molar refractivity (Wildman–Crippen MR) is 92.1 cm³/mol. The van der Waals surface area contributed by atoms with Crippen LogP contribution in [0.2, 0.25) is 0 Å². The SMILES string of the molecule is CCCS(=O)(=O)NC1CCN(C/C=C/c2ccc(F)cc2)CC1. The number of rotatable bonds is 7. The van der Waals surface area contributed by atoms with E-state index < -0.39 is 10.0 Å². The van der Waals surface area contributed by atoms with Crippen LogP contribution in [0.3, 0.4) is 0 Å². The van der Waals surface area contributed by atoms with Crippen molar-refractivity contribution in [3.05, 3.63) is 41.7 Å². The van der Waals surface area contributed by atoms with Gasteiger partial charge < -0.3 is 0 Å². The normalized spacial score (nSPS) is 17.8. The summed E-state index contributed by atoms with van der Waals surface area (Å²) in [5.74, 6) is -0.0251. The number of nitrogens with one attached hydrogen (secondary N) is 1. The van der Waals surface area contributed by atoms with E-state index in [1.165, 1.54) is 12.1 Å². The van der Waals surface area contributed by atoms with Crippen LogP contribution in [0.25, 0.3) is 6.08 Å². The molecule has 1 heterocycles. The zero-order chi connectivity index (χ0) is 16.7. The van der Waals surface area contributed by atoms with Gasteiger partial charge in [-0.1, -0.05) is 31.2 Å². The summed E-state index contributed by atoms with van der Waals surface area (Å²) in [7, 11) is -3.12. The molecule has 0 spiro atoms. The van der Waals surface area contributed by atoms with Gasteiger partial charge in [-0.25, -0.2) is 17.5 Å². The smallest absolute Gasteiger partial charge is 0.211 e. The molecule has 1 aliphatic rings. The number of nitrogens with zero attached hydrogens (tertiary/aromatic N) is 1. The van der Waals surface area contributed by atoms with Crippen molar-refractivity contribution in [1.82, 2.24) is 9.62 Å². The van der Waals surface area contributed by atoms with Gasteiger partial charge in [0.2, 0.25) is 10.0 Å². The first-order valence-corrected chi connectivity index (χ1v) is 9.78. The minimum atomic E-state index is -3.12. The highest BCUT2D eigenvalue weighted by Gasteiger charge is 2.22. The van der Waals surface area contributed by atoms with Crippen molar-refractivity contribution in [2.24, 2.45) is 0 Å². The maximum atomic E-state index is 12.8. The van der Waals surface area contributed by atoms with Crippen LogP contribution < -0.4 is 4.72 Å². The molecule has 1 saturated heterocycles. The van der Waals surface area contributed by atoms with Crippen molar-refractivity contribution in [3.63, 3.8) is 0 Å². The van der Waals surface area contributed by atoms with Crippen LogP contribution in [0.4, 0.5) is 4.39 Å². The van der Waals surface area contributed by atoms with Gasteiger partial charge in [0.1, 0.15) is 5.82 Å². The van der Waals surface area contributed by atoms with Crippen molar-refractivity contribution in [2.45, 2.75) is 32.2 Å². The summed E-state index contributed by atoms with van der Waals surface area (Å²) in [4.78, 5) is 2.30.